The molecule has 0 N–H and O–H groups in total. The highest BCUT2D eigenvalue weighted by Gasteiger charge is 2.05. The monoisotopic (exact) mass is 272 g/mol. The summed E-state index contributed by atoms with van der Waals surface area (Å²) in [6.45, 7) is 0. The summed E-state index contributed by atoms with van der Waals surface area (Å²) >= 11 is 9.04. The fourth-order valence-electron chi connectivity index (χ4n) is 1.07. The van der Waals surface area contributed by atoms with E-state index in [0.717, 1.165) is 10.2 Å². The van der Waals surface area contributed by atoms with Crippen LogP contribution in [0.4, 0.5) is 0 Å². The molecule has 1 aromatic carbocycles. The summed E-state index contributed by atoms with van der Waals surface area (Å²) in [6, 6.07) is 7.68. The predicted octanol–water partition coefficient (Wildman–Crippen LogP) is 2.16. The van der Waals surface area contributed by atoms with Crippen LogP contribution in [-0.4, -0.2) is 20.2 Å². The molecule has 2 aromatic rings. The van der Waals surface area contributed by atoms with E-state index in [1.807, 2.05) is 24.3 Å². The average Bonchev–Trinajstić information content (AvgIpc) is 2.67. The minimum absolute atomic E-state index is 0.295. The second-order valence-corrected chi connectivity index (χ2v) is 3.80. The van der Waals surface area contributed by atoms with Crippen molar-refractivity contribution in [3.8, 4) is 5.69 Å². The van der Waals surface area contributed by atoms with E-state index < -0.39 is 0 Å². The van der Waals surface area contributed by atoms with Gasteiger partial charge < -0.3 is 0 Å². The lowest BCUT2D eigenvalue weighted by molar-refractivity contribution is 0.777. The number of tetrazole rings is 1. The summed E-state index contributed by atoms with van der Waals surface area (Å²) in [5, 5.41) is 11.2. The molecule has 0 saturated carbocycles. The van der Waals surface area contributed by atoms with Crippen molar-refractivity contribution in [3.63, 3.8) is 0 Å². The molecular weight excluding hydrogens is 267 g/mol. The zero-order chi connectivity index (χ0) is 9.97. The maximum Gasteiger partial charge on any atom is 0.171 e. The first-order valence-corrected chi connectivity index (χ1v) is 5.23. The smallest absolute Gasteiger partial charge is 0.171 e. The molecule has 1 aromatic heterocycles. The van der Waals surface area contributed by atoms with E-state index in [1.165, 1.54) is 0 Å². The third-order valence-corrected chi connectivity index (χ3v) is 2.49. The highest BCUT2D eigenvalue weighted by molar-refractivity contribution is 9.10. The van der Waals surface area contributed by atoms with Gasteiger partial charge in [0.15, 0.2) is 5.82 Å². The summed E-state index contributed by atoms with van der Waals surface area (Å²) in [7, 11) is 0. The van der Waals surface area contributed by atoms with Gasteiger partial charge in [-0.15, -0.1) is 16.7 Å². The molecule has 1 heterocycles. The van der Waals surface area contributed by atoms with Gasteiger partial charge >= 0.3 is 0 Å². The molecular formula is C8H6BrClN4. The van der Waals surface area contributed by atoms with E-state index in [9.17, 15) is 0 Å². The Balaban J connectivity index is 2.44. The summed E-state index contributed by atoms with van der Waals surface area (Å²) in [5.74, 6) is 0.928. The first-order chi connectivity index (χ1) is 6.81. The molecule has 0 fully saturated rings. The van der Waals surface area contributed by atoms with Crippen molar-refractivity contribution in [2.75, 3.05) is 0 Å². The van der Waals surface area contributed by atoms with Gasteiger partial charge in [0.05, 0.1) is 11.6 Å². The predicted molar refractivity (Wildman–Crippen MR) is 56.4 cm³/mol. The number of hydrogen-bond donors (Lipinski definition) is 0. The molecule has 0 aliphatic rings. The van der Waals surface area contributed by atoms with Gasteiger partial charge in [-0.3, -0.25) is 0 Å². The van der Waals surface area contributed by atoms with Crippen LogP contribution in [0.5, 0.6) is 0 Å². The van der Waals surface area contributed by atoms with Crippen molar-refractivity contribution < 1.29 is 0 Å². The van der Waals surface area contributed by atoms with E-state index >= 15 is 0 Å². The zero-order valence-electron chi connectivity index (χ0n) is 7.06. The Morgan fingerprint density at radius 3 is 2.64 bits per heavy atom. The summed E-state index contributed by atoms with van der Waals surface area (Å²) in [5.41, 5.74) is 0.897. The highest BCUT2D eigenvalue weighted by Crippen LogP contribution is 2.14. The van der Waals surface area contributed by atoms with Crippen LogP contribution in [-0.2, 0) is 5.88 Å². The Kier molecular flexibility index (Phi) is 2.79. The second-order valence-electron chi connectivity index (χ2n) is 2.62. The molecule has 4 nitrogen and oxygen atoms in total. The Hall–Kier alpha value is -0.940. The van der Waals surface area contributed by atoms with Crippen molar-refractivity contribution in [2.45, 2.75) is 5.88 Å². The number of aromatic nitrogens is 4. The molecule has 0 radical (unpaired) electrons. The second kappa shape index (κ2) is 4.06. The van der Waals surface area contributed by atoms with Crippen LogP contribution in [0.25, 0.3) is 5.69 Å². The Bertz CT molecular complexity index is 425. The van der Waals surface area contributed by atoms with Crippen molar-refractivity contribution in [1.82, 2.24) is 20.2 Å². The van der Waals surface area contributed by atoms with Crippen LogP contribution in [0.3, 0.4) is 0 Å². The van der Waals surface area contributed by atoms with Crippen LogP contribution in [0.15, 0.2) is 28.7 Å². The fourth-order valence-corrected chi connectivity index (χ4v) is 1.50. The van der Waals surface area contributed by atoms with Gasteiger partial charge in [0, 0.05) is 4.47 Å². The lowest BCUT2D eigenvalue weighted by atomic mass is 10.3. The third kappa shape index (κ3) is 1.78. The maximum absolute atomic E-state index is 5.68. The number of rotatable bonds is 2. The minimum atomic E-state index is 0.295. The van der Waals surface area contributed by atoms with E-state index in [2.05, 4.69) is 31.5 Å². The molecule has 0 aliphatic carbocycles. The molecule has 6 heteroatoms. The minimum Gasteiger partial charge on any atom is -0.196 e. The van der Waals surface area contributed by atoms with Gasteiger partial charge in [-0.25, -0.2) is 0 Å². The van der Waals surface area contributed by atoms with Gasteiger partial charge in [0.1, 0.15) is 0 Å². The fraction of sp³-hybridized carbons (Fsp3) is 0.125. The third-order valence-electron chi connectivity index (χ3n) is 1.72. The maximum atomic E-state index is 5.68. The quantitative estimate of drug-likeness (QED) is 0.788. The van der Waals surface area contributed by atoms with E-state index in [0.29, 0.717) is 11.7 Å². The van der Waals surface area contributed by atoms with E-state index in [-0.39, 0.29) is 0 Å². The SMILES string of the molecule is ClCc1nnnn1-c1ccc(Br)cc1. The summed E-state index contributed by atoms with van der Waals surface area (Å²) in [4.78, 5) is 0. The van der Waals surface area contributed by atoms with Crippen molar-refractivity contribution in [3.05, 3.63) is 34.6 Å². The molecule has 0 bridgehead atoms. The van der Waals surface area contributed by atoms with Crippen LogP contribution >= 0.6 is 27.5 Å². The number of halogens is 2. The molecule has 0 saturated heterocycles. The van der Waals surface area contributed by atoms with Crippen molar-refractivity contribution in [2.24, 2.45) is 0 Å². The number of hydrogen-bond acceptors (Lipinski definition) is 3. The first kappa shape index (κ1) is 9.61. The first-order valence-electron chi connectivity index (χ1n) is 3.90. The van der Waals surface area contributed by atoms with Crippen LogP contribution in [0, 0.1) is 0 Å². The van der Waals surface area contributed by atoms with Gasteiger partial charge in [0.2, 0.25) is 0 Å². The van der Waals surface area contributed by atoms with Crippen molar-refractivity contribution in [1.29, 1.82) is 0 Å². The number of nitrogens with zero attached hydrogens (tertiary/aromatic N) is 4. The normalized spacial score (nSPS) is 10.4. The number of benzene rings is 1. The molecule has 72 valence electrons. The Morgan fingerprint density at radius 2 is 2.00 bits per heavy atom. The Labute approximate surface area is 94.0 Å². The lowest BCUT2D eigenvalue weighted by Crippen LogP contribution is -2.00. The standard InChI is InChI=1S/C8H6BrClN4/c9-6-1-3-7(4-2-6)14-8(5-10)11-12-13-14/h1-4H,5H2. The van der Waals surface area contributed by atoms with Crippen molar-refractivity contribution >= 4 is 27.5 Å². The molecule has 0 amide bonds. The topological polar surface area (TPSA) is 43.6 Å². The average molecular weight is 274 g/mol. The summed E-state index contributed by atoms with van der Waals surface area (Å²) < 4.78 is 2.63. The van der Waals surface area contributed by atoms with Crippen LogP contribution < -0.4 is 0 Å². The molecule has 0 aliphatic heterocycles. The number of alkyl halides is 1. The Morgan fingerprint density at radius 1 is 1.29 bits per heavy atom. The lowest BCUT2D eigenvalue weighted by Gasteiger charge is -2.01. The zero-order valence-corrected chi connectivity index (χ0v) is 9.40. The largest absolute Gasteiger partial charge is 0.196 e. The molecule has 0 spiro atoms. The van der Waals surface area contributed by atoms with Gasteiger partial charge in [-0.2, -0.15) is 4.68 Å². The van der Waals surface area contributed by atoms with Gasteiger partial charge in [-0.05, 0) is 34.7 Å². The molecule has 0 unspecified atom stereocenters. The van der Waals surface area contributed by atoms with Crippen LogP contribution in [0.1, 0.15) is 5.82 Å². The van der Waals surface area contributed by atoms with E-state index in [1.54, 1.807) is 4.68 Å². The highest BCUT2D eigenvalue weighted by atomic mass is 79.9. The summed E-state index contributed by atoms with van der Waals surface area (Å²) in [6.07, 6.45) is 0. The van der Waals surface area contributed by atoms with Gasteiger partial charge in [-0.1, -0.05) is 15.9 Å². The van der Waals surface area contributed by atoms with Crippen LogP contribution in [0.2, 0.25) is 0 Å². The molecule has 14 heavy (non-hydrogen) atoms. The van der Waals surface area contributed by atoms with Gasteiger partial charge in [0.25, 0.3) is 0 Å². The van der Waals surface area contributed by atoms with E-state index in [4.69, 9.17) is 11.6 Å². The molecule has 2 rings (SSSR count). The molecule has 0 atom stereocenters.